The Morgan fingerprint density at radius 3 is 2.52 bits per heavy atom. The molecule has 1 saturated heterocycles. The van der Waals surface area contributed by atoms with Gasteiger partial charge in [0.25, 0.3) is 5.91 Å². The fourth-order valence-electron chi connectivity index (χ4n) is 3.53. The molecule has 9 nitrogen and oxygen atoms in total. The van der Waals surface area contributed by atoms with Crippen molar-refractivity contribution in [3.8, 4) is 11.5 Å². The van der Waals surface area contributed by atoms with E-state index >= 15 is 0 Å². The van der Waals surface area contributed by atoms with Gasteiger partial charge in [0.2, 0.25) is 10.0 Å². The van der Waals surface area contributed by atoms with Crippen molar-refractivity contribution in [1.82, 2.24) is 24.3 Å². The molecule has 2 aromatic heterocycles. The molecule has 0 radical (unpaired) electrons. The van der Waals surface area contributed by atoms with Gasteiger partial charge in [-0.05, 0) is 12.8 Å². The Balaban J connectivity index is 1.84. The molecule has 2 aromatic rings. The molecule has 0 aliphatic carbocycles. The summed E-state index contributed by atoms with van der Waals surface area (Å²) in [7, 11) is -0.401. The maximum absolute atomic E-state index is 13.2. The summed E-state index contributed by atoms with van der Waals surface area (Å²) < 4.78 is 33.6. The molecule has 10 heteroatoms. The molecule has 1 aliphatic heterocycles. The molecule has 1 N–H and O–H groups in total. The molecule has 1 aliphatic rings. The summed E-state index contributed by atoms with van der Waals surface area (Å²) in [6.45, 7) is 9.22. The van der Waals surface area contributed by atoms with Gasteiger partial charge >= 0.3 is 0 Å². The minimum atomic E-state index is -3.68. The quantitative estimate of drug-likeness (QED) is 0.758. The van der Waals surface area contributed by atoms with Crippen molar-refractivity contribution >= 4 is 15.9 Å². The minimum absolute atomic E-state index is 0.127. The monoisotopic (exact) mass is 423 g/mol. The number of hydrogen-bond acceptors (Lipinski definition) is 6. The molecule has 0 spiro atoms. The molecule has 0 unspecified atom stereocenters. The van der Waals surface area contributed by atoms with Crippen LogP contribution >= 0.6 is 0 Å². The third-order valence-electron chi connectivity index (χ3n) is 4.97. The number of furan rings is 1. The summed E-state index contributed by atoms with van der Waals surface area (Å²) in [6.07, 6.45) is 1.41. The van der Waals surface area contributed by atoms with E-state index in [1.807, 2.05) is 0 Å². The van der Waals surface area contributed by atoms with Crippen LogP contribution in [0, 0.1) is 12.8 Å². The first-order valence-electron chi connectivity index (χ1n) is 9.69. The largest absolute Gasteiger partial charge is 0.458 e. The van der Waals surface area contributed by atoms with Gasteiger partial charge in [-0.2, -0.15) is 9.40 Å². The lowest BCUT2D eigenvalue weighted by Crippen LogP contribution is -2.49. The summed E-state index contributed by atoms with van der Waals surface area (Å²) in [6, 6.07) is 1.48. The van der Waals surface area contributed by atoms with Gasteiger partial charge in [-0.1, -0.05) is 13.8 Å². The smallest absolute Gasteiger partial charge is 0.257 e. The second-order valence-corrected chi connectivity index (χ2v) is 9.89. The number of aryl methyl sites for hydroxylation is 1. The van der Waals surface area contributed by atoms with Gasteiger partial charge in [0, 0.05) is 52.9 Å². The molecule has 29 heavy (non-hydrogen) atoms. The van der Waals surface area contributed by atoms with Gasteiger partial charge < -0.3 is 14.2 Å². The Bertz CT molecular complexity index is 969. The second kappa shape index (κ2) is 8.29. The van der Waals surface area contributed by atoms with E-state index in [0.717, 1.165) is 6.54 Å². The normalized spacial score (nSPS) is 16.5. The van der Waals surface area contributed by atoms with E-state index in [1.165, 1.54) is 21.5 Å². The molecular weight excluding hydrogens is 394 g/mol. The van der Waals surface area contributed by atoms with Crippen LogP contribution in [-0.2, 0) is 10.0 Å². The number of hydrogen-bond donors (Lipinski definition) is 1. The van der Waals surface area contributed by atoms with Crippen LogP contribution in [0.1, 0.15) is 30.0 Å². The van der Waals surface area contributed by atoms with Crippen LogP contribution in [0.3, 0.4) is 0 Å². The third-order valence-corrected chi connectivity index (χ3v) is 6.97. The Morgan fingerprint density at radius 1 is 1.28 bits per heavy atom. The van der Waals surface area contributed by atoms with Crippen molar-refractivity contribution in [1.29, 1.82) is 0 Å². The van der Waals surface area contributed by atoms with Crippen LogP contribution < -0.4 is 0 Å². The molecule has 1 amide bonds. The van der Waals surface area contributed by atoms with Crippen LogP contribution in [0.5, 0.6) is 0 Å². The summed E-state index contributed by atoms with van der Waals surface area (Å²) in [4.78, 5) is 16.2. The Kier molecular flexibility index (Phi) is 6.16. The van der Waals surface area contributed by atoms with Gasteiger partial charge in [0.15, 0.2) is 5.76 Å². The average molecular weight is 424 g/mol. The summed E-state index contributed by atoms with van der Waals surface area (Å²) in [5, 5.41) is 6.67. The maximum Gasteiger partial charge on any atom is 0.257 e. The number of H-pyrrole nitrogens is 1. The fourth-order valence-corrected chi connectivity index (χ4v) is 5.11. The van der Waals surface area contributed by atoms with E-state index in [1.54, 1.807) is 21.0 Å². The van der Waals surface area contributed by atoms with Gasteiger partial charge in [-0.3, -0.25) is 9.89 Å². The highest BCUT2D eigenvalue weighted by Crippen LogP contribution is 2.31. The molecule has 0 aromatic carbocycles. The van der Waals surface area contributed by atoms with Crippen LogP contribution in [0.4, 0.5) is 0 Å². The number of aromatic amines is 1. The number of nitrogens with one attached hydrogen (secondary N) is 1. The summed E-state index contributed by atoms with van der Waals surface area (Å²) >= 11 is 0. The third kappa shape index (κ3) is 4.39. The lowest BCUT2D eigenvalue weighted by Gasteiger charge is -2.34. The molecule has 0 atom stereocenters. The number of rotatable bonds is 6. The highest BCUT2D eigenvalue weighted by molar-refractivity contribution is 7.89. The van der Waals surface area contributed by atoms with Crippen LogP contribution in [0.15, 0.2) is 21.6 Å². The Hall–Kier alpha value is -2.17. The fraction of sp³-hybridized carbons (Fsp3) is 0.579. The van der Waals surface area contributed by atoms with Crippen molar-refractivity contribution in [3.05, 3.63) is 23.6 Å². The first kappa shape index (κ1) is 21.5. The number of amides is 1. The summed E-state index contributed by atoms with van der Waals surface area (Å²) in [5.41, 5.74) is 0.699. The van der Waals surface area contributed by atoms with Crippen molar-refractivity contribution in [3.63, 3.8) is 0 Å². The molecule has 3 heterocycles. The zero-order valence-electron chi connectivity index (χ0n) is 17.6. The minimum Gasteiger partial charge on any atom is -0.458 e. The van der Waals surface area contributed by atoms with E-state index in [4.69, 9.17) is 4.42 Å². The van der Waals surface area contributed by atoms with Crippen LogP contribution in [0.2, 0.25) is 0 Å². The molecule has 3 rings (SSSR count). The van der Waals surface area contributed by atoms with Gasteiger partial charge in [0.1, 0.15) is 16.3 Å². The molecular formula is C19H29N5O4S. The van der Waals surface area contributed by atoms with Crippen molar-refractivity contribution in [2.75, 3.05) is 46.8 Å². The van der Waals surface area contributed by atoms with Gasteiger partial charge in [-0.25, -0.2) is 8.42 Å². The van der Waals surface area contributed by atoms with Crippen molar-refractivity contribution in [2.24, 2.45) is 5.92 Å². The second-order valence-electron chi connectivity index (χ2n) is 7.99. The molecule has 1 fully saturated rings. The van der Waals surface area contributed by atoms with Gasteiger partial charge in [0.05, 0.1) is 11.8 Å². The number of sulfonamides is 1. The highest BCUT2D eigenvalue weighted by Gasteiger charge is 2.32. The number of nitrogens with zero attached hydrogens (tertiary/aromatic N) is 4. The van der Waals surface area contributed by atoms with E-state index < -0.39 is 10.0 Å². The Labute approximate surface area is 171 Å². The average Bonchev–Trinajstić information content (AvgIpc) is 3.27. The topological polar surface area (TPSA) is 103 Å². The number of carbonyl (C=O) groups is 1. The van der Waals surface area contributed by atoms with Crippen molar-refractivity contribution < 1.29 is 17.6 Å². The van der Waals surface area contributed by atoms with E-state index in [2.05, 4.69) is 28.9 Å². The predicted molar refractivity (Wildman–Crippen MR) is 109 cm³/mol. The van der Waals surface area contributed by atoms with Crippen LogP contribution in [-0.4, -0.2) is 85.4 Å². The maximum atomic E-state index is 13.2. The SMILES string of the molecule is Cc1oc(-c2[nH]ncc2C(=O)N(C)C)cc1S(=O)(=O)N1CCN(CC(C)C)CC1. The molecule has 0 saturated carbocycles. The molecule has 0 bridgehead atoms. The van der Waals surface area contributed by atoms with Crippen LogP contribution in [0.25, 0.3) is 11.5 Å². The zero-order chi connectivity index (χ0) is 21.3. The number of aromatic nitrogens is 2. The van der Waals surface area contributed by atoms with E-state index in [0.29, 0.717) is 49.1 Å². The lowest BCUT2D eigenvalue weighted by molar-refractivity contribution is 0.0828. The lowest BCUT2D eigenvalue weighted by atomic mass is 10.2. The first-order valence-corrected chi connectivity index (χ1v) is 11.1. The molecule has 160 valence electrons. The van der Waals surface area contributed by atoms with Gasteiger partial charge in [-0.15, -0.1) is 0 Å². The zero-order valence-corrected chi connectivity index (χ0v) is 18.4. The number of carbonyl (C=O) groups excluding carboxylic acids is 1. The first-order chi connectivity index (χ1) is 13.6. The summed E-state index contributed by atoms with van der Waals surface area (Å²) in [5.74, 6) is 0.878. The van der Waals surface area contributed by atoms with E-state index in [-0.39, 0.29) is 16.6 Å². The Morgan fingerprint density at radius 2 is 1.93 bits per heavy atom. The van der Waals surface area contributed by atoms with Crippen molar-refractivity contribution in [2.45, 2.75) is 25.7 Å². The highest BCUT2D eigenvalue weighted by atomic mass is 32.2. The number of piperazine rings is 1. The standard InChI is InChI=1S/C19H29N5O4S/c1-13(2)12-23-6-8-24(9-7-23)29(26,27)17-10-16(28-14(17)3)18-15(11-20-21-18)19(25)22(4)5/h10-11,13H,6-9,12H2,1-5H3,(H,20,21). The van der Waals surface area contributed by atoms with E-state index in [9.17, 15) is 13.2 Å². The predicted octanol–water partition coefficient (Wildman–Crippen LogP) is 1.64.